The molecule has 4 aromatic rings. The average molecular weight is 525 g/mol. The molecule has 196 valence electrons. The van der Waals surface area contributed by atoms with Crippen LogP contribution in [0.4, 0.5) is 29.5 Å². The molecule has 9 nitrogen and oxygen atoms in total. The zero-order valence-corrected chi connectivity index (χ0v) is 20.6. The summed E-state index contributed by atoms with van der Waals surface area (Å²) < 4.78 is 49.0. The normalized spacial score (nSPS) is 11.2. The van der Waals surface area contributed by atoms with Gasteiger partial charge in [-0.2, -0.15) is 5.10 Å². The molecule has 0 aliphatic heterocycles. The Morgan fingerprint density at radius 3 is 2.29 bits per heavy atom. The lowest BCUT2D eigenvalue weighted by Gasteiger charge is -2.14. The summed E-state index contributed by atoms with van der Waals surface area (Å²) in [4.78, 5) is 27.8. The van der Waals surface area contributed by atoms with Crippen LogP contribution in [0.3, 0.4) is 0 Å². The Morgan fingerprint density at radius 2 is 1.66 bits per heavy atom. The van der Waals surface area contributed by atoms with Crippen LogP contribution in [0.25, 0.3) is 5.69 Å². The minimum absolute atomic E-state index is 0.0484. The highest BCUT2D eigenvalue weighted by Crippen LogP contribution is 2.29. The van der Waals surface area contributed by atoms with Gasteiger partial charge in [0.05, 0.1) is 11.4 Å². The third kappa shape index (κ3) is 6.09. The maximum atomic E-state index is 14.7. The highest BCUT2D eigenvalue weighted by molar-refractivity contribution is 5.99. The maximum absolute atomic E-state index is 14.7. The molecule has 0 saturated heterocycles. The van der Waals surface area contributed by atoms with Crippen molar-refractivity contribution in [1.29, 1.82) is 0 Å². The number of ether oxygens (including phenoxy) is 1. The molecule has 0 aliphatic carbocycles. The fourth-order valence-electron chi connectivity index (χ4n) is 3.37. The van der Waals surface area contributed by atoms with Crippen LogP contribution in [0.2, 0.25) is 0 Å². The maximum Gasteiger partial charge on any atom is 0.324 e. The SMILES string of the molecule is CC(C)(C)c1cc(NC(=O)Nc2ccc(Oc3ccnc(C(N)=O)c3)c(F)c2)n(-c2cc(F)cc(F)c2)n1. The van der Waals surface area contributed by atoms with E-state index in [-0.39, 0.29) is 34.4 Å². The topological polar surface area (TPSA) is 124 Å². The lowest BCUT2D eigenvalue weighted by Crippen LogP contribution is -2.21. The summed E-state index contributed by atoms with van der Waals surface area (Å²) in [5, 5.41) is 9.48. The number of amides is 3. The van der Waals surface area contributed by atoms with Crippen molar-refractivity contribution in [2.45, 2.75) is 26.2 Å². The van der Waals surface area contributed by atoms with Gasteiger partial charge >= 0.3 is 6.03 Å². The largest absolute Gasteiger partial charge is 0.454 e. The minimum Gasteiger partial charge on any atom is -0.454 e. The molecule has 0 bridgehead atoms. The van der Waals surface area contributed by atoms with Gasteiger partial charge in [0.1, 0.15) is 28.9 Å². The van der Waals surface area contributed by atoms with E-state index in [0.29, 0.717) is 5.69 Å². The first kappa shape index (κ1) is 26.2. The van der Waals surface area contributed by atoms with Gasteiger partial charge in [0.15, 0.2) is 11.6 Å². The molecule has 3 amide bonds. The molecule has 38 heavy (non-hydrogen) atoms. The van der Waals surface area contributed by atoms with Crippen LogP contribution >= 0.6 is 0 Å². The Kier molecular flexibility index (Phi) is 7.06. The number of primary amides is 1. The van der Waals surface area contributed by atoms with Gasteiger partial charge in [0, 0.05) is 41.6 Å². The van der Waals surface area contributed by atoms with Crippen molar-refractivity contribution >= 4 is 23.4 Å². The van der Waals surface area contributed by atoms with E-state index in [2.05, 4.69) is 20.7 Å². The van der Waals surface area contributed by atoms with E-state index in [0.717, 1.165) is 24.3 Å². The molecule has 0 unspecified atom stereocenters. The van der Waals surface area contributed by atoms with Crippen molar-refractivity contribution in [2.75, 3.05) is 10.6 Å². The van der Waals surface area contributed by atoms with Gasteiger partial charge in [0.25, 0.3) is 5.91 Å². The number of aromatic nitrogens is 3. The van der Waals surface area contributed by atoms with E-state index in [4.69, 9.17) is 10.5 Å². The van der Waals surface area contributed by atoms with E-state index in [1.54, 1.807) is 6.07 Å². The van der Waals surface area contributed by atoms with Crippen molar-refractivity contribution in [3.8, 4) is 17.2 Å². The summed E-state index contributed by atoms with van der Waals surface area (Å²) in [6.07, 6.45) is 1.29. The molecular formula is C26H23F3N6O3. The smallest absolute Gasteiger partial charge is 0.324 e. The van der Waals surface area contributed by atoms with E-state index in [1.807, 2.05) is 20.8 Å². The number of nitrogens with zero attached hydrogens (tertiary/aromatic N) is 3. The number of nitrogens with two attached hydrogens (primary N) is 1. The fraction of sp³-hybridized carbons (Fsp3) is 0.154. The number of hydrogen-bond acceptors (Lipinski definition) is 5. The number of benzene rings is 2. The Balaban J connectivity index is 1.53. The zero-order chi connectivity index (χ0) is 27.6. The van der Waals surface area contributed by atoms with E-state index >= 15 is 0 Å². The summed E-state index contributed by atoms with van der Waals surface area (Å²) in [6, 6.07) is 10.1. The lowest BCUT2D eigenvalue weighted by molar-refractivity contribution is 0.0995. The van der Waals surface area contributed by atoms with Crippen molar-refractivity contribution in [3.63, 3.8) is 0 Å². The molecule has 0 spiro atoms. The number of pyridine rings is 1. The standard InChI is InChI=1S/C26H23F3N6O3/c1-26(2,3)22-13-23(35(34-22)17-9-14(27)8-15(28)10-17)33-25(37)32-16-4-5-21(19(29)11-16)38-18-6-7-31-20(12-18)24(30)36/h4-13H,1-3H3,(H2,30,36)(H2,32,33,37). The van der Waals surface area contributed by atoms with Crippen LogP contribution in [0.15, 0.2) is 60.8 Å². The van der Waals surface area contributed by atoms with Gasteiger partial charge in [0.2, 0.25) is 0 Å². The summed E-state index contributed by atoms with van der Waals surface area (Å²) in [6.45, 7) is 5.67. The molecule has 4 rings (SSSR count). The fourth-order valence-corrected chi connectivity index (χ4v) is 3.37. The van der Waals surface area contributed by atoms with Gasteiger partial charge < -0.3 is 15.8 Å². The van der Waals surface area contributed by atoms with Crippen LogP contribution in [0, 0.1) is 17.5 Å². The minimum atomic E-state index is -0.807. The molecule has 4 N–H and O–H groups in total. The van der Waals surface area contributed by atoms with Crippen LogP contribution in [-0.4, -0.2) is 26.7 Å². The predicted octanol–water partition coefficient (Wildman–Crippen LogP) is 5.52. The number of anilines is 2. The Morgan fingerprint density at radius 1 is 0.947 bits per heavy atom. The summed E-state index contributed by atoms with van der Waals surface area (Å²) in [5.41, 5.74) is 5.42. The van der Waals surface area contributed by atoms with Crippen LogP contribution in [0.1, 0.15) is 37.0 Å². The van der Waals surface area contributed by atoms with E-state index < -0.39 is 34.8 Å². The predicted molar refractivity (Wildman–Crippen MR) is 134 cm³/mol. The molecule has 0 fully saturated rings. The second-order valence-corrected chi connectivity index (χ2v) is 9.27. The van der Waals surface area contributed by atoms with Crippen molar-refractivity contribution in [3.05, 3.63) is 89.6 Å². The van der Waals surface area contributed by atoms with Crippen LogP contribution in [-0.2, 0) is 5.41 Å². The van der Waals surface area contributed by atoms with E-state index in [9.17, 15) is 22.8 Å². The van der Waals surface area contributed by atoms with Gasteiger partial charge in [-0.15, -0.1) is 0 Å². The number of urea groups is 1. The first-order valence-corrected chi connectivity index (χ1v) is 11.3. The second kappa shape index (κ2) is 10.2. The molecule has 0 aliphatic rings. The highest BCUT2D eigenvalue weighted by Gasteiger charge is 2.22. The molecule has 0 atom stereocenters. The number of rotatable bonds is 6. The summed E-state index contributed by atoms with van der Waals surface area (Å²) in [5.74, 6) is -3.06. The number of carbonyl (C=O) groups excluding carboxylic acids is 2. The third-order valence-corrected chi connectivity index (χ3v) is 5.21. The quantitative estimate of drug-likeness (QED) is 0.307. The first-order valence-electron chi connectivity index (χ1n) is 11.3. The number of halogens is 3. The van der Waals surface area contributed by atoms with Crippen LogP contribution in [0.5, 0.6) is 11.5 Å². The average Bonchev–Trinajstić information content (AvgIpc) is 3.24. The Bertz CT molecular complexity index is 1510. The second-order valence-electron chi connectivity index (χ2n) is 9.27. The molecule has 2 heterocycles. The summed E-state index contributed by atoms with van der Waals surface area (Å²) >= 11 is 0. The number of hydrogen-bond donors (Lipinski definition) is 3. The van der Waals surface area contributed by atoms with Crippen molar-refractivity contribution in [2.24, 2.45) is 5.73 Å². The molecule has 0 saturated carbocycles. The van der Waals surface area contributed by atoms with Crippen LogP contribution < -0.4 is 21.1 Å². The Labute approximate surface area is 215 Å². The molecular weight excluding hydrogens is 501 g/mol. The van der Waals surface area contributed by atoms with Gasteiger partial charge in [-0.3, -0.25) is 15.1 Å². The lowest BCUT2D eigenvalue weighted by atomic mass is 9.92. The molecule has 12 heteroatoms. The molecule has 2 aromatic heterocycles. The van der Waals surface area contributed by atoms with Gasteiger partial charge in [-0.05, 0) is 30.3 Å². The molecule has 2 aromatic carbocycles. The van der Waals surface area contributed by atoms with E-state index in [1.165, 1.54) is 35.1 Å². The van der Waals surface area contributed by atoms with Gasteiger partial charge in [-0.1, -0.05) is 20.8 Å². The number of nitrogens with one attached hydrogen (secondary N) is 2. The highest BCUT2D eigenvalue weighted by atomic mass is 19.1. The third-order valence-electron chi connectivity index (χ3n) is 5.21. The van der Waals surface area contributed by atoms with Crippen molar-refractivity contribution < 1.29 is 27.5 Å². The monoisotopic (exact) mass is 524 g/mol. The Hall–Kier alpha value is -4.87. The molecule has 0 radical (unpaired) electrons. The summed E-state index contributed by atoms with van der Waals surface area (Å²) in [7, 11) is 0. The van der Waals surface area contributed by atoms with Crippen molar-refractivity contribution in [1.82, 2.24) is 14.8 Å². The zero-order valence-electron chi connectivity index (χ0n) is 20.6. The van der Waals surface area contributed by atoms with Gasteiger partial charge in [-0.25, -0.2) is 22.6 Å². The first-order chi connectivity index (χ1) is 17.9. The number of carbonyl (C=O) groups is 2.